The Morgan fingerprint density at radius 3 is 2.50 bits per heavy atom. The molecule has 0 heterocycles. The highest BCUT2D eigenvalue weighted by atomic mass is 32.2. The van der Waals surface area contributed by atoms with Crippen molar-refractivity contribution in [3.05, 3.63) is 29.8 Å². The van der Waals surface area contributed by atoms with E-state index < -0.39 is 0 Å². The SMILES string of the molecule is CCC(C#N)(CCCSc1ccc(C)cc1)NC. The second-order valence-corrected chi connectivity index (χ2v) is 5.73. The molecule has 0 bridgehead atoms. The molecule has 1 aromatic rings. The normalized spacial score (nSPS) is 13.9. The molecule has 0 saturated carbocycles. The summed E-state index contributed by atoms with van der Waals surface area (Å²) in [5.74, 6) is 1.06. The lowest BCUT2D eigenvalue weighted by molar-refractivity contribution is 0.400. The van der Waals surface area contributed by atoms with Gasteiger partial charge in [-0.25, -0.2) is 0 Å². The van der Waals surface area contributed by atoms with Crippen LogP contribution >= 0.6 is 11.8 Å². The average molecular weight is 262 g/mol. The van der Waals surface area contributed by atoms with E-state index in [4.69, 9.17) is 0 Å². The molecule has 0 aromatic heterocycles. The Labute approximate surface area is 115 Å². The lowest BCUT2D eigenvalue weighted by atomic mass is 9.93. The van der Waals surface area contributed by atoms with E-state index in [2.05, 4.69) is 49.5 Å². The van der Waals surface area contributed by atoms with E-state index in [9.17, 15) is 5.26 Å². The summed E-state index contributed by atoms with van der Waals surface area (Å²) in [6.07, 6.45) is 2.82. The molecule has 1 unspecified atom stereocenters. The molecular weight excluding hydrogens is 240 g/mol. The van der Waals surface area contributed by atoms with Gasteiger partial charge in [-0.15, -0.1) is 11.8 Å². The fourth-order valence-corrected chi connectivity index (χ4v) is 2.72. The van der Waals surface area contributed by atoms with E-state index in [0.29, 0.717) is 0 Å². The van der Waals surface area contributed by atoms with Gasteiger partial charge in [0.2, 0.25) is 0 Å². The highest BCUT2D eigenvalue weighted by molar-refractivity contribution is 7.99. The Bertz CT molecular complexity index is 388. The van der Waals surface area contributed by atoms with Gasteiger partial charge in [-0.1, -0.05) is 24.6 Å². The van der Waals surface area contributed by atoms with Gasteiger partial charge in [0.05, 0.1) is 6.07 Å². The van der Waals surface area contributed by atoms with E-state index in [1.807, 2.05) is 18.8 Å². The third-order valence-electron chi connectivity index (χ3n) is 3.33. The van der Waals surface area contributed by atoms with Gasteiger partial charge in [0, 0.05) is 4.90 Å². The van der Waals surface area contributed by atoms with Crippen molar-refractivity contribution in [2.75, 3.05) is 12.8 Å². The Kier molecular flexibility index (Phi) is 6.24. The first kappa shape index (κ1) is 15.1. The van der Waals surface area contributed by atoms with Crippen LogP contribution in [-0.2, 0) is 0 Å². The van der Waals surface area contributed by atoms with Crippen molar-refractivity contribution in [1.82, 2.24) is 5.32 Å². The number of nitrogens with zero attached hydrogens (tertiary/aromatic N) is 1. The summed E-state index contributed by atoms with van der Waals surface area (Å²) in [6, 6.07) is 11.0. The Balaban J connectivity index is 2.34. The zero-order chi connectivity index (χ0) is 13.4. The van der Waals surface area contributed by atoms with Gasteiger partial charge in [-0.2, -0.15) is 5.26 Å². The molecule has 2 nitrogen and oxygen atoms in total. The smallest absolute Gasteiger partial charge is 0.106 e. The van der Waals surface area contributed by atoms with Crippen molar-refractivity contribution >= 4 is 11.8 Å². The van der Waals surface area contributed by atoms with E-state index in [1.54, 1.807) is 0 Å². The molecule has 1 atom stereocenters. The molecule has 18 heavy (non-hydrogen) atoms. The van der Waals surface area contributed by atoms with Crippen LogP contribution in [-0.4, -0.2) is 18.3 Å². The van der Waals surface area contributed by atoms with Crippen molar-refractivity contribution in [2.24, 2.45) is 0 Å². The van der Waals surface area contributed by atoms with Crippen LogP contribution in [0.2, 0.25) is 0 Å². The lowest BCUT2D eigenvalue weighted by Gasteiger charge is -2.24. The van der Waals surface area contributed by atoms with Gasteiger partial charge in [0.1, 0.15) is 5.54 Å². The van der Waals surface area contributed by atoms with E-state index >= 15 is 0 Å². The molecule has 1 N–H and O–H groups in total. The minimum Gasteiger partial charge on any atom is -0.302 e. The second kappa shape index (κ2) is 7.45. The third kappa shape index (κ3) is 4.36. The van der Waals surface area contributed by atoms with Crippen LogP contribution in [0.25, 0.3) is 0 Å². The first-order valence-electron chi connectivity index (χ1n) is 6.45. The lowest BCUT2D eigenvalue weighted by Crippen LogP contribution is -2.40. The van der Waals surface area contributed by atoms with Crippen LogP contribution in [0.3, 0.4) is 0 Å². The minimum atomic E-state index is -0.339. The summed E-state index contributed by atoms with van der Waals surface area (Å²) in [7, 11) is 1.87. The molecule has 0 saturated heterocycles. The predicted molar refractivity (Wildman–Crippen MR) is 78.8 cm³/mol. The van der Waals surface area contributed by atoms with Crippen molar-refractivity contribution in [3.63, 3.8) is 0 Å². The summed E-state index contributed by atoms with van der Waals surface area (Å²) in [4.78, 5) is 1.31. The summed E-state index contributed by atoms with van der Waals surface area (Å²) in [6.45, 7) is 4.16. The Morgan fingerprint density at radius 1 is 1.33 bits per heavy atom. The third-order valence-corrected chi connectivity index (χ3v) is 4.43. The summed E-state index contributed by atoms with van der Waals surface area (Å²) >= 11 is 1.86. The van der Waals surface area contributed by atoms with Crippen molar-refractivity contribution in [3.8, 4) is 6.07 Å². The molecule has 3 heteroatoms. The molecule has 0 aliphatic heterocycles. The van der Waals surface area contributed by atoms with Crippen LogP contribution in [0.4, 0.5) is 0 Å². The number of rotatable bonds is 7. The number of aryl methyl sites for hydroxylation is 1. The second-order valence-electron chi connectivity index (χ2n) is 4.56. The van der Waals surface area contributed by atoms with Crippen LogP contribution < -0.4 is 5.32 Å². The average Bonchev–Trinajstić information content (AvgIpc) is 2.42. The number of benzene rings is 1. The molecule has 1 aromatic carbocycles. The van der Waals surface area contributed by atoms with Crippen molar-refractivity contribution < 1.29 is 0 Å². The monoisotopic (exact) mass is 262 g/mol. The Hall–Kier alpha value is -0.980. The van der Waals surface area contributed by atoms with Crippen molar-refractivity contribution in [2.45, 2.75) is 43.5 Å². The molecule has 0 amide bonds. The maximum atomic E-state index is 9.20. The number of thioether (sulfide) groups is 1. The van der Waals surface area contributed by atoms with E-state index in [0.717, 1.165) is 25.0 Å². The molecule has 0 fully saturated rings. The van der Waals surface area contributed by atoms with Gasteiger partial charge in [0.15, 0.2) is 0 Å². The molecular formula is C15H22N2S. The Morgan fingerprint density at radius 2 is 2.00 bits per heavy atom. The fourth-order valence-electron chi connectivity index (χ4n) is 1.87. The number of hydrogen-bond acceptors (Lipinski definition) is 3. The molecule has 0 aliphatic carbocycles. The summed E-state index contributed by atoms with van der Waals surface area (Å²) in [5.41, 5.74) is 0.956. The van der Waals surface area contributed by atoms with Gasteiger partial charge in [0.25, 0.3) is 0 Å². The predicted octanol–water partition coefficient (Wildman–Crippen LogP) is 3.76. The van der Waals surface area contributed by atoms with Gasteiger partial charge in [-0.3, -0.25) is 0 Å². The molecule has 1 rings (SSSR count). The minimum absolute atomic E-state index is 0.339. The van der Waals surface area contributed by atoms with Crippen LogP contribution in [0.5, 0.6) is 0 Å². The first-order valence-corrected chi connectivity index (χ1v) is 7.44. The molecule has 0 spiro atoms. The fraction of sp³-hybridized carbons (Fsp3) is 0.533. The molecule has 98 valence electrons. The summed E-state index contributed by atoms with van der Waals surface area (Å²) in [5, 5.41) is 12.4. The van der Waals surface area contributed by atoms with Crippen LogP contribution in [0, 0.1) is 18.3 Å². The topological polar surface area (TPSA) is 35.8 Å². The highest BCUT2D eigenvalue weighted by Crippen LogP contribution is 2.22. The first-order chi connectivity index (χ1) is 8.65. The maximum Gasteiger partial charge on any atom is 0.106 e. The standard InChI is InChI=1S/C15H22N2S/c1-4-15(12-16,17-3)10-5-11-18-14-8-6-13(2)7-9-14/h6-9,17H,4-5,10-11H2,1-3H3. The largest absolute Gasteiger partial charge is 0.302 e. The maximum absolute atomic E-state index is 9.20. The molecule has 0 radical (unpaired) electrons. The zero-order valence-corrected chi connectivity index (χ0v) is 12.3. The number of nitriles is 1. The van der Waals surface area contributed by atoms with Gasteiger partial charge in [-0.05, 0) is 51.1 Å². The van der Waals surface area contributed by atoms with Crippen LogP contribution in [0.15, 0.2) is 29.2 Å². The van der Waals surface area contributed by atoms with Gasteiger partial charge >= 0.3 is 0 Å². The quantitative estimate of drug-likeness (QED) is 0.600. The molecule has 0 aliphatic rings. The number of hydrogen-bond donors (Lipinski definition) is 1. The van der Waals surface area contributed by atoms with E-state index in [1.165, 1.54) is 10.5 Å². The summed E-state index contributed by atoms with van der Waals surface area (Å²) < 4.78 is 0. The van der Waals surface area contributed by atoms with Crippen LogP contribution in [0.1, 0.15) is 31.7 Å². The van der Waals surface area contributed by atoms with Gasteiger partial charge < -0.3 is 5.32 Å². The highest BCUT2D eigenvalue weighted by Gasteiger charge is 2.24. The van der Waals surface area contributed by atoms with Crippen molar-refractivity contribution in [1.29, 1.82) is 5.26 Å². The van der Waals surface area contributed by atoms with E-state index in [-0.39, 0.29) is 5.54 Å². The number of nitrogens with one attached hydrogen (secondary N) is 1. The zero-order valence-electron chi connectivity index (χ0n) is 11.5.